The van der Waals surface area contributed by atoms with Crippen LogP contribution in [0.5, 0.6) is 0 Å². The monoisotopic (exact) mass is 109 g/mol. The van der Waals surface area contributed by atoms with E-state index in [0.29, 0.717) is 4.28 Å². The molecule has 0 aliphatic carbocycles. The van der Waals surface area contributed by atoms with Crippen molar-refractivity contribution < 1.29 is 16.3 Å². The molecule has 0 aliphatic rings. The SMILES string of the molecule is C[C](C)(C)[Cr]. The molecule has 0 aliphatic heterocycles. The maximum absolute atomic E-state index is 2.98. The predicted molar refractivity (Wildman–Crippen MR) is 19.7 cm³/mol. The van der Waals surface area contributed by atoms with E-state index in [4.69, 9.17) is 0 Å². The van der Waals surface area contributed by atoms with Crippen molar-refractivity contribution in [2.24, 2.45) is 0 Å². The van der Waals surface area contributed by atoms with Gasteiger partial charge < -0.3 is 0 Å². The molecule has 0 aromatic carbocycles. The van der Waals surface area contributed by atoms with Gasteiger partial charge in [0, 0.05) is 0 Å². The first-order valence-corrected chi connectivity index (χ1v) is 2.34. The molecule has 31 valence electrons. The Balaban J connectivity index is 3.02. The summed E-state index contributed by atoms with van der Waals surface area (Å²) in [7, 11) is 0. The molecule has 0 rings (SSSR count). The van der Waals surface area contributed by atoms with E-state index >= 15 is 0 Å². The fourth-order valence-electron chi connectivity index (χ4n) is 0. The van der Waals surface area contributed by atoms with Gasteiger partial charge in [-0.1, -0.05) is 0 Å². The van der Waals surface area contributed by atoms with Crippen molar-refractivity contribution in [3.05, 3.63) is 0 Å². The number of hydrogen-bond donors (Lipinski definition) is 0. The standard InChI is InChI=1S/C4H9.Cr/c1-4(2)3;/h1-3H3;. The molecule has 0 heterocycles. The van der Waals surface area contributed by atoms with Crippen LogP contribution in [-0.4, -0.2) is 0 Å². The van der Waals surface area contributed by atoms with Crippen molar-refractivity contribution in [2.45, 2.75) is 25.0 Å². The first-order valence-electron chi connectivity index (χ1n) is 1.70. The van der Waals surface area contributed by atoms with Crippen LogP contribution in [0.15, 0.2) is 0 Å². The summed E-state index contributed by atoms with van der Waals surface area (Å²) in [6, 6.07) is 0. The van der Waals surface area contributed by atoms with Gasteiger partial charge in [0.2, 0.25) is 0 Å². The average molecular weight is 109 g/mol. The van der Waals surface area contributed by atoms with Crippen LogP contribution in [0.3, 0.4) is 0 Å². The third kappa shape index (κ3) is 103. The Hall–Kier alpha value is 0.532. The van der Waals surface area contributed by atoms with Crippen LogP contribution in [0.2, 0.25) is 4.28 Å². The number of hydrogen-bond acceptors (Lipinski definition) is 0. The van der Waals surface area contributed by atoms with Gasteiger partial charge in [0.05, 0.1) is 0 Å². The van der Waals surface area contributed by atoms with Crippen molar-refractivity contribution in [1.29, 1.82) is 0 Å². The van der Waals surface area contributed by atoms with Crippen LogP contribution in [0, 0.1) is 0 Å². The van der Waals surface area contributed by atoms with Crippen LogP contribution in [0.4, 0.5) is 0 Å². The molecule has 0 amide bonds. The maximum atomic E-state index is 2.98. The molecule has 0 radical (unpaired) electrons. The molecule has 0 fully saturated rings. The van der Waals surface area contributed by atoms with Crippen molar-refractivity contribution in [3.63, 3.8) is 0 Å². The summed E-state index contributed by atoms with van der Waals surface area (Å²) in [5.74, 6) is 0. The quantitative estimate of drug-likeness (QED) is 0.444. The van der Waals surface area contributed by atoms with E-state index in [1.807, 2.05) is 0 Å². The molecule has 5 heavy (non-hydrogen) atoms. The summed E-state index contributed by atoms with van der Waals surface area (Å²) in [5.41, 5.74) is 0. The first-order chi connectivity index (χ1) is 2.00. The Kier molecular flexibility index (Phi) is 1.47. The van der Waals surface area contributed by atoms with E-state index in [2.05, 4.69) is 37.1 Å². The van der Waals surface area contributed by atoms with Gasteiger partial charge in [-0.25, -0.2) is 0 Å². The Morgan fingerprint density at radius 3 is 1.20 bits per heavy atom. The molecule has 0 N–H and O–H groups in total. The molecule has 0 atom stereocenters. The minimum absolute atomic E-state index is 0.375. The van der Waals surface area contributed by atoms with Crippen LogP contribution in [0.25, 0.3) is 0 Å². The van der Waals surface area contributed by atoms with Crippen LogP contribution in [-0.2, 0) is 16.3 Å². The van der Waals surface area contributed by atoms with Crippen molar-refractivity contribution in [1.82, 2.24) is 0 Å². The van der Waals surface area contributed by atoms with Gasteiger partial charge in [-0.3, -0.25) is 0 Å². The summed E-state index contributed by atoms with van der Waals surface area (Å²) in [6.07, 6.45) is 0. The predicted octanol–water partition coefficient (Wildman–Crippen LogP) is 1.75. The zero-order chi connectivity index (χ0) is 4.50. The third-order valence-corrected chi connectivity index (χ3v) is 0. The Morgan fingerprint density at radius 1 is 1.20 bits per heavy atom. The van der Waals surface area contributed by atoms with Crippen molar-refractivity contribution in [2.75, 3.05) is 0 Å². The molecule has 0 nitrogen and oxygen atoms in total. The molecule has 0 unspecified atom stereocenters. The third-order valence-electron chi connectivity index (χ3n) is 0. The van der Waals surface area contributed by atoms with Gasteiger partial charge in [-0.2, -0.15) is 0 Å². The minimum atomic E-state index is 0.375. The summed E-state index contributed by atoms with van der Waals surface area (Å²) in [4.78, 5) is 0. The van der Waals surface area contributed by atoms with Gasteiger partial charge in [0.15, 0.2) is 0 Å². The van der Waals surface area contributed by atoms with E-state index < -0.39 is 0 Å². The summed E-state index contributed by atoms with van der Waals surface area (Å²) < 4.78 is 0.375. The second-order valence-corrected chi connectivity index (χ2v) is 4.02. The normalized spacial score (nSPS) is 11.8. The Morgan fingerprint density at radius 2 is 1.20 bits per heavy atom. The average Bonchev–Trinajstić information content (AvgIpc) is 0.722. The van der Waals surface area contributed by atoms with Gasteiger partial charge in [-0.05, 0) is 0 Å². The molecule has 1 heteroatoms. The molecule has 0 bridgehead atoms. The molecule has 0 spiro atoms. The molecular formula is C4H9Cr. The van der Waals surface area contributed by atoms with Crippen LogP contribution >= 0.6 is 0 Å². The van der Waals surface area contributed by atoms with E-state index in [-0.39, 0.29) is 0 Å². The van der Waals surface area contributed by atoms with Gasteiger partial charge in [0.1, 0.15) is 0 Å². The van der Waals surface area contributed by atoms with E-state index in [1.165, 1.54) is 0 Å². The molecule has 0 aromatic heterocycles. The zero-order valence-corrected chi connectivity index (χ0v) is 5.18. The number of rotatable bonds is 0. The first kappa shape index (κ1) is 5.53. The van der Waals surface area contributed by atoms with E-state index in [0.717, 1.165) is 0 Å². The fourth-order valence-corrected chi connectivity index (χ4v) is 0. The zero-order valence-electron chi connectivity index (χ0n) is 3.91. The Labute approximate surface area is 42.0 Å². The second kappa shape index (κ2) is 1.33. The van der Waals surface area contributed by atoms with Gasteiger partial charge in [-0.15, -0.1) is 0 Å². The van der Waals surface area contributed by atoms with Crippen LogP contribution < -0.4 is 0 Å². The summed E-state index contributed by atoms with van der Waals surface area (Å²) in [6.45, 7) is 6.40. The van der Waals surface area contributed by atoms with Crippen molar-refractivity contribution >= 4 is 0 Å². The Bertz CT molecular complexity index is 19.1. The van der Waals surface area contributed by atoms with Gasteiger partial charge >= 0.3 is 41.3 Å². The summed E-state index contributed by atoms with van der Waals surface area (Å²) in [5, 5.41) is 0. The molecule has 0 saturated heterocycles. The van der Waals surface area contributed by atoms with E-state index in [9.17, 15) is 0 Å². The van der Waals surface area contributed by atoms with E-state index in [1.54, 1.807) is 0 Å². The fraction of sp³-hybridized carbons (Fsp3) is 1.00. The molecular weight excluding hydrogens is 100 g/mol. The molecule has 0 saturated carbocycles. The summed E-state index contributed by atoms with van der Waals surface area (Å²) >= 11 is 2.98. The molecule has 0 aromatic rings. The topological polar surface area (TPSA) is 0 Å². The van der Waals surface area contributed by atoms with Crippen LogP contribution in [0.1, 0.15) is 20.8 Å². The second-order valence-electron chi connectivity index (χ2n) is 2.11. The van der Waals surface area contributed by atoms with Gasteiger partial charge in [0.25, 0.3) is 0 Å². The van der Waals surface area contributed by atoms with Crippen molar-refractivity contribution in [3.8, 4) is 0 Å².